The molecule has 0 bridgehead atoms. The fourth-order valence-electron chi connectivity index (χ4n) is 2.40. The predicted octanol–water partition coefficient (Wildman–Crippen LogP) is 5.02. The summed E-state index contributed by atoms with van der Waals surface area (Å²) in [6.07, 6.45) is 0. The van der Waals surface area contributed by atoms with E-state index in [0.717, 1.165) is 5.56 Å². The Morgan fingerprint density at radius 1 is 0.882 bits per heavy atom. The fourth-order valence-corrected chi connectivity index (χ4v) is 2.57. The van der Waals surface area contributed by atoms with Gasteiger partial charge < -0.3 is 0 Å². The van der Waals surface area contributed by atoms with E-state index in [1.807, 2.05) is 0 Å². The molecule has 2 rings (SSSR count). The lowest BCUT2D eigenvalue weighted by Gasteiger charge is -2.12. The number of alkyl halides is 1. The first kappa shape index (κ1) is 12.2. The maximum atomic E-state index is 5.81. The van der Waals surface area contributed by atoms with Gasteiger partial charge in [-0.2, -0.15) is 0 Å². The van der Waals surface area contributed by atoms with Gasteiger partial charge in [0.2, 0.25) is 0 Å². The molecule has 2 aromatic rings. The molecule has 0 saturated carbocycles. The molecule has 0 N–H and O–H groups in total. The molecule has 0 saturated heterocycles. The van der Waals surface area contributed by atoms with Crippen LogP contribution in [0.2, 0.25) is 0 Å². The van der Waals surface area contributed by atoms with Crippen molar-refractivity contribution >= 4 is 11.6 Å². The second-order valence-corrected chi connectivity index (χ2v) is 4.87. The quantitative estimate of drug-likeness (QED) is 0.651. The molecule has 0 atom stereocenters. The van der Waals surface area contributed by atoms with E-state index in [9.17, 15) is 0 Å². The highest BCUT2D eigenvalue weighted by molar-refractivity contribution is 6.17. The Morgan fingerprint density at radius 3 is 1.88 bits per heavy atom. The minimum atomic E-state index is 0.576. The van der Waals surface area contributed by atoms with Gasteiger partial charge in [-0.25, -0.2) is 0 Å². The molecule has 2 aromatic carbocycles. The van der Waals surface area contributed by atoms with Gasteiger partial charge in [0.25, 0.3) is 0 Å². The van der Waals surface area contributed by atoms with Crippen LogP contribution < -0.4 is 0 Å². The first-order valence-electron chi connectivity index (χ1n) is 5.85. The van der Waals surface area contributed by atoms with Crippen LogP contribution in [-0.2, 0) is 5.88 Å². The second-order valence-electron chi connectivity index (χ2n) is 4.60. The highest BCUT2D eigenvalue weighted by atomic mass is 35.5. The van der Waals surface area contributed by atoms with Crippen LogP contribution in [-0.4, -0.2) is 0 Å². The van der Waals surface area contributed by atoms with Crippen molar-refractivity contribution in [3.8, 4) is 11.1 Å². The average molecular weight is 245 g/mol. The molecular weight excluding hydrogens is 228 g/mol. The third-order valence-corrected chi connectivity index (χ3v) is 3.38. The molecule has 0 aliphatic heterocycles. The van der Waals surface area contributed by atoms with Gasteiger partial charge >= 0.3 is 0 Å². The molecule has 0 aliphatic carbocycles. The Labute approximate surface area is 108 Å². The molecule has 0 nitrogen and oxygen atoms in total. The van der Waals surface area contributed by atoms with Crippen LogP contribution in [0, 0.1) is 20.8 Å². The molecule has 0 heterocycles. The number of hydrogen-bond donors (Lipinski definition) is 0. The molecule has 88 valence electrons. The molecule has 1 heteroatoms. The van der Waals surface area contributed by atoms with Crippen molar-refractivity contribution in [1.82, 2.24) is 0 Å². The van der Waals surface area contributed by atoms with E-state index in [-0.39, 0.29) is 0 Å². The van der Waals surface area contributed by atoms with E-state index in [4.69, 9.17) is 11.6 Å². The minimum absolute atomic E-state index is 0.576. The van der Waals surface area contributed by atoms with Gasteiger partial charge in [-0.05, 0) is 48.6 Å². The Kier molecular flexibility index (Phi) is 3.54. The number of halogens is 1. The maximum Gasteiger partial charge on any atom is 0.0474 e. The van der Waals surface area contributed by atoms with E-state index in [2.05, 4.69) is 57.2 Å². The summed E-state index contributed by atoms with van der Waals surface area (Å²) in [6, 6.07) is 13.0. The van der Waals surface area contributed by atoms with Crippen LogP contribution in [0.4, 0.5) is 0 Å². The molecule has 0 fully saturated rings. The lowest BCUT2D eigenvalue weighted by molar-refractivity contribution is 1.31. The summed E-state index contributed by atoms with van der Waals surface area (Å²) in [5, 5.41) is 0. The summed E-state index contributed by atoms with van der Waals surface area (Å²) in [5.74, 6) is 0.576. The van der Waals surface area contributed by atoms with Gasteiger partial charge in [0.15, 0.2) is 0 Å². The fraction of sp³-hybridized carbons (Fsp3) is 0.250. The maximum absolute atomic E-state index is 5.81. The number of rotatable bonds is 2. The zero-order valence-corrected chi connectivity index (χ0v) is 11.3. The van der Waals surface area contributed by atoms with Crippen molar-refractivity contribution in [1.29, 1.82) is 0 Å². The van der Waals surface area contributed by atoms with Gasteiger partial charge in [-0.1, -0.05) is 42.0 Å². The zero-order chi connectivity index (χ0) is 12.4. The standard InChI is InChI=1S/C16H17Cl/c1-11-8-12(2)16(13(3)9-11)15-6-4-14(10-17)5-7-15/h4-9H,10H2,1-3H3. The summed E-state index contributed by atoms with van der Waals surface area (Å²) >= 11 is 5.81. The summed E-state index contributed by atoms with van der Waals surface area (Å²) in [4.78, 5) is 0. The van der Waals surface area contributed by atoms with E-state index >= 15 is 0 Å². The van der Waals surface area contributed by atoms with Gasteiger partial charge in [-0.3, -0.25) is 0 Å². The molecule has 0 amide bonds. The summed E-state index contributed by atoms with van der Waals surface area (Å²) in [7, 11) is 0. The molecule has 0 aliphatic rings. The zero-order valence-electron chi connectivity index (χ0n) is 10.5. The number of hydrogen-bond acceptors (Lipinski definition) is 0. The molecule has 0 radical (unpaired) electrons. The largest absolute Gasteiger partial charge is 0.122 e. The van der Waals surface area contributed by atoms with Crippen molar-refractivity contribution in [3.63, 3.8) is 0 Å². The molecule has 0 unspecified atom stereocenters. The van der Waals surface area contributed by atoms with Gasteiger partial charge in [0, 0.05) is 5.88 Å². The van der Waals surface area contributed by atoms with E-state index in [0.29, 0.717) is 5.88 Å². The SMILES string of the molecule is Cc1cc(C)c(-c2ccc(CCl)cc2)c(C)c1. The summed E-state index contributed by atoms with van der Waals surface area (Å²) < 4.78 is 0. The Morgan fingerprint density at radius 2 is 1.41 bits per heavy atom. The minimum Gasteiger partial charge on any atom is -0.122 e. The topological polar surface area (TPSA) is 0 Å². The normalized spacial score (nSPS) is 10.6. The highest BCUT2D eigenvalue weighted by Gasteiger charge is 2.06. The second kappa shape index (κ2) is 4.93. The molecular formula is C16H17Cl. The molecule has 17 heavy (non-hydrogen) atoms. The third kappa shape index (κ3) is 2.53. The lowest BCUT2D eigenvalue weighted by Crippen LogP contribution is -1.90. The molecule has 0 spiro atoms. The molecule has 0 aromatic heterocycles. The monoisotopic (exact) mass is 244 g/mol. The van der Waals surface area contributed by atoms with Crippen molar-refractivity contribution in [2.45, 2.75) is 26.7 Å². The Balaban J connectivity index is 2.52. The van der Waals surface area contributed by atoms with Crippen LogP contribution in [0.1, 0.15) is 22.3 Å². The van der Waals surface area contributed by atoms with E-state index < -0.39 is 0 Å². The Hall–Kier alpha value is -1.27. The van der Waals surface area contributed by atoms with Crippen molar-refractivity contribution in [2.75, 3.05) is 0 Å². The van der Waals surface area contributed by atoms with Crippen molar-refractivity contribution < 1.29 is 0 Å². The summed E-state index contributed by atoms with van der Waals surface area (Å²) in [6.45, 7) is 6.48. The smallest absolute Gasteiger partial charge is 0.0474 e. The first-order valence-corrected chi connectivity index (χ1v) is 6.38. The first-order chi connectivity index (χ1) is 8.11. The number of benzene rings is 2. The third-order valence-electron chi connectivity index (χ3n) is 3.07. The summed E-state index contributed by atoms with van der Waals surface area (Å²) in [5.41, 5.74) is 7.77. The van der Waals surface area contributed by atoms with Gasteiger partial charge in [0.1, 0.15) is 0 Å². The van der Waals surface area contributed by atoms with E-state index in [1.165, 1.54) is 27.8 Å². The van der Waals surface area contributed by atoms with Crippen LogP contribution >= 0.6 is 11.6 Å². The van der Waals surface area contributed by atoms with Gasteiger partial charge in [0.05, 0.1) is 0 Å². The Bertz CT molecular complexity index is 501. The van der Waals surface area contributed by atoms with Crippen LogP contribution in [0.5, 0.6) is 0 Å². The van der Waals surface area contributed by atoms with Crippen molar-refractivity contribution in [3.05, 3.63) is 58.7 Å². The number of aryl methyl sites for hydroxylation is 3. The lowest BCUT2D eigenvalue weighted by atomic mass is 9.93. The average Bonchev–Trinajstić information content (AvgIpc) is 2.28. The van der Waals surface area contributed by atoms with Crippen LogP contribution in [0.15, 0.2) is 36.4 Å². The van der Waals surface area contributed by atoms with E-state index in [1.54, 1.807) is 0 Å². The predicted molar refractivity (Wildman–Crippen MR) is 75.6 cm³/mol. The van der Waals surface area contributed by atoms with Crippen LogP contribution in [0.3, 0.4) is 0 Å². The van der Waals surface area contributed by atoms with Gasteiger partial charge in [-0.15, -0.1) is 11.6 Å². The highest BCUT2D eigenvalue weighted by Crippen LogP contribution is 2.28. The van der Waals surface area contributed by atoms with Crippen LogP contribution in [0.25, 0.3) is 11.1 Å². The van der Waals surface area contributed by atoms with Crippen molar-refractivity contribution in [2.24, 2.45) is 0 Å².